The largest absolute Gasteiger partial charge is 0.489 e. The molecule has 7 heteroatoms. The fraction of sp³-hybridized carbons (Fsp3) is 0.300. The molecular weight excluding hydrogens is 368 g/mol. The molecule has 1 aliphatic heterocycles. The van der Waals surface area contributed by atoms with E-state index in [1.807, 2.05) is 6.92 Å². The van der Waals surface area contributed by atoms with Gasteiger partial charge in [0.1, 0.15) is 0 Å². The first kappa shape index (κ1) is 19.0. The summed E-state index contributed by atoms with van der Waals surface area (Å²) in [6, 6.07) is 10.3. The average Bonchev–Trinajstić information content (AvgIpc) is 2.88. The van der Waals surface area contributed by atoms with Gasteiger partial charge in [-0.25, -0.2) is 0 Å². The van der Waals surface area contributed by atoms with Crippen LogP contribution in [0.5, 0.6) is 11.5 Å². The second kappa shape index (κ2) is 8.77. The smallest absolute Gasteiger partial charge is 0.251 e. The summed E-state index contributed by atoms with van der Waals surface area (Å²) in [5.41, 5.74) is 1.78. The Morgan fingerprint density at radius 3 is 2.78 bits per heavy atom. The molecule has 2 amide bonds. The standard InChI is InChI=1S/C20H21ClN2O4/c1-2-22-20(25)14-5-3-6-15(12-14)23-18(24)11-13-9-16(21)19-17(10-13)26-7-4-8-27-19/h3,5-6,9-10,12H,2,4,7-8,11H2,1H3,(H,22,25)(H,23,24). The second-order valence-electron chi connectivity index (χ2n) is 6.12. The van der Waals surface area contributed by atoms with Crippen LogP contribution < -0.4 is 20.1 Å². The van der Waals surface area contributed by atoms with E-state index >= 15 is 0 Å². The molecule has 1 aliphatic rings. The zero-order valence-corrected chi connectivity index (χ0v) is 15.8. The minimum Gasteiger partial charge on any atom is -0.489 e. The topological polar surface area (TPSA) is 76.7 Å². The van der Waals surface area contributed by atoms with E-state index < -0.39 is 0 Å². The number of ether oxygens (including phenoxy) is 2. The molecule has 2 N–H and O–H groups in total. The lowest BCUT2D eigenvalue weighted by Crippen LogP contribution is -2.23. The number of anilines is 1. The predicted octanol–water partition coefficient (Wildman–Crippen LogP) is 3.43. The number of amides is 2. The first-order chi connectivity index (χ1) is 13.1. The van der Waals surface area contributed by atoms with Gasteiger partial charge in [0, 0.05) is 24.2 Å². The third-order valence-electron chi connectivity index (χ3n) is 3.97. The van der Waals surface area contributed by atoms with Crippen molar-refractivity contribution in [2.45, 2.75) is 19.8 Å². The van der Waals surface area contributed by atoms with Crippen LogP contribution in [0.25, 0.3) is 0 Å². The van der Waals surface area contributed by atoms with E-state index in [0.717, 1.165) is 12.0 Å². The van der Waals surface area contributed by atoms with Gasteiger partial charge >= 0.3 is 0 Å². The predicted molar refractivity (Wildman–Crippen MR) is 104 cm³/mol. The summed E-state index contributed by atoms with van der Waals surface area (Å²) in [6.07, 6.45) is 0.907. The van der Waals surface area contributed by atoms with Crippen molar-refractivity contribution in [1.29, 1.82) is 0 Å². The SMILES string of the molecule is CCNC(=O)c1cccc(NC(=O)Cc2cc(Cl)c3c(c2)OCCCO3)c1. The molecule has 0 saturated heterocycles. The van der Waals surface area contributed by atoms with Crippen molar-refractivity contribution in [1.82, 2.24) is 5.32 Å². The van der Waals surface area contributed by atoms with Crippen molar-refractivity contribution in [2.24, 2.45) is 0 Å². The number of carbonyl (C=O) groups excluding carboxylic acids is 2. The van der Waals surface area contributed by atoms with Gasteiger partial charge in [0.05, 0.1) is 24.7 Å². The molecule has 27 heavy (non-hydrogen) atoms. The van der Waals surface area contributed by atoms with Gasteiger partial charge in [0.2, 0.25) is 5.91 Å². The summed E-state index contributed by atoms with van der Waals surface area (Å²) < 4.78 is 11.2. The van der Waals surface area contributed by atoms with Crippen molar-refractivity contribution in [3.8, 4) is 11.5 Å². The van der Waals surface area contributed by atoms with Crippen LogP contribution in [0, 0.1) is 0 Å². The van der Waals surface area contributed by atoms with Gasteiger partial charge in [-0.3, -0.25) is 9.59 Å². The highest BCUT2D eigenvalue weighted by atomic mass is 35.5. The van der Waals surface area contributed by atoms with Crippen molar-refractivity contribution in [3.05, 3.63) is 52.5 Å². The molecule has 1 heterocycles. The van der Waals surface area contributed by atoms with E-state index in [4.69, 9.17) is 21.1 Å². The highest BCUT2D eigenvalue weighted by Crippen LogP contribution is 2.38. The number of carbonyl (C=O) groups is 2. The lowest BCUT2D eigenvalue weighted by molar-refractivity contribution is -0.115. The van der Waals surface area contributed by atoms with E-state index in [1.54, 1.807) is 36.4 Å². The maximum Gasteiger partial charge on any atom is 0.251 e. The number of rotatable bonds is 5. The fourth-order valence-corrected chi connectivity index (χ4v) is 3.07. The van der Waals surface area contributed by atoms with E-state index in [2.05, 4.69) is 10.6 Å². The summed E-state index contributed by atoms with van der Waals surface area (Å²) in [7, 11) is 0. The van der Waals surface area contributed by atoms with Gasteiger partial charge in [-0.2, -0.15) is 0 Å². The molecular formula is C20H21ClN2O4. The number of fused-ring (bicyclic) bond motifs is 1. The number of halogens is 1. The van der Waals surface area contributed by atoms with E-state index in [9.17, 15) is 9.59 Å². The highest BCUT2D eigenvalue weighted by Gasteiger charge is 2.17. The molecule has 6 nitrogen and oxygen atoms in total. The third kappa shape index (κ3) is 4.92. The maximum atomic E-state index is 12.4. The second-order valence-corrected chi connectivity index (χ2v) is 6.53. The molecule has 0 fully saturated rings. The molecule has 0 spiro atoms. The summed E-state index contributed by atoms with van der Waals surface area (Å²) in [4.78, 5) is 24.3. The van der Waals surface area contributed by atoms with Crippen molar-refractivity contribution >= 4 is 29.1 Å². The Bertz CT molecular complexity index is 854. The molecule has 2 aromatic rings. The molecule has 0 aliphatic carbocycles. The van der Waals surface area contributed by atoms with Gasteiger partial charge in [0.25, 0.3) is 5.91 Å². The van der Waals surface area contributed by atoms with Crippen LogP contribution in [-0.4, -0.2) is 31.6 Å². The Balaban J connectivity index is 1.69. The summed E-state index contributed by atoms with van der Waals surface area (Å²) in [5, 5.41) is 5.96. The van der Waals surface area contributed by atoms with Gasteiger partial charge in [0.15, 0.2) is 11.5 Å². The van der Waals surface area contributed by atoms with Crippen LogP contribution >= 0.6 is 11.6 Å². The number of benzene rings is 2. The number of hydrogen-bond donors (Lipinski definition) is 2. The Morgan fingerprint density at radius 1 is 1.15 bits per heavy atom. The normalized spacial score (nSPS) is 12.8. The first-order valence-electron chi connectivity index (χ1n) is 8.83. The summed E-state index contributed by atoms with van der Waals surface area (Å²) in [5.74, 6) is 0.686. The van der Waals surface area contributed by atoms with E-state index in [0.29, 0.717) is 47.5 Å². The zero-order chi connectivity index (χ0) is 19.2. The molecule has 142 valence electrons. The van der Waals surface area contributed by atoms with Crippen LogP contribution in [0.1, 0.15) is 29.3 Å². The molecule has 0 atom stereocenters. The van der Waals surface area contributed by atoms with Crippen LogP contribution in [0.2, 0.25) is 5.02 Å². The Morgan fingerprint density at radius 2 is 1.96 bits per heavy atom. The quantitative estimate of drug-likeness (QED) is 0.822. The minimum atomic E-state index is -0.214. The number of hydrogen-bond acceptors (Lipinski definition) is 4. The highest BCUT2D eigenvalue weighted by molar-refractivity contribution is 6.32. The van der Waals surface area contributed by atoms with Gasteiger partial charge in [-0.1, -0.05) is 17.7 Å². The summed E-state index contributed by atoms with van der Waals surface area (Å²) >= 11 is 6.27. The molecule has 0 bridgehead atoms. The zero-order valence-electron chi connectivity index (χ0n) is 15.0. The van der Waals surface area contributed by atoms with E-state index in [-0.39, 0.29) is 18.2 Å². The average molecular weight is 389 g/mol. The van der Waals surface area contributed by atoms with Crippen molar-refractivity contribution in [3.63, 3.8) is 0 Å². The van der Waals surface area contributed by atoms with Gasteiger partial charge in [-0.15, -0.1) is 0 Å². The van der Waals surface area contributed by atoms with E-state index in [1.165, 1.54) is 0 Å². The molecule has 0 aromatic heterocycles. The molecule has 0 saturated carbocycles. The molecule has 2 aromatic carbocycles. The number of nitrogens with one attached hydrogen (secondary N) is 2. The Hall–Kier alpha value is -2.73. The fourth-order valence-electron chi connectivity index (χ4n) is 2.78. The Labute approximate surface area is 162 Å². The van der Waals surface area contributed by atoms with Gasteiger partial charge < -0.3 is 20.1 Å². The van der Waals surface area contributed by atoms with Crippen LogP contribution in [0.4, 0.5) is 5.69 Å². The lowest BCUT2D eigenvalue weighted by Gasteiger charge is -2.12. The first-order valence-corrected chi connectivity index (χ1v) is 9.20. The minimum absolute atomic E-state index is 0.127. The molecule has 3 rings (SSSR count). The van der Waals surface area contributed by atoms with Crippen LogP contribution in [-0.2, 0) is 11.2 Å². The van der Waals surface area contributed by atoms with Crippen molar-refractivity contribution in [2.75, 3.05) is 25.1 Å². The van der Waals surface area contributed by atoms with Crippen LogP contribution in [0.3, 0.4) is 0 Å². The summed E-state index contributed by atoms with van der Waals surface area (Å²) in [6.45, 7) is 3.49. The molecule has 0 unspecified atom stereocenters. The van der Waals surface area contributed by atoms with Crippen LogP contribution in [0.15, 0.2) is 36.4 Å². The maximum absolute atomic E-state index is 12.4. The monoisotopic (exact) mass is 388 g/mol. The third-order valence-corrected chi connectivity index (χ3v) is 4.25. The Kier molecular flexibility index (Phi) is 6.19. The lowest BCUT2D eigenvalue weighted by atomic mass is 10.1. The van der Waals surface area contributed by atoms with Crippen molar-refractivity contribution < 1.29 is 19.1 Å². The molecule has 0 radical (unpaired) electrons. The van der Waals surface area contributed by atoms with Gasteiger partial charge in [-0.05, 0) is 42.8 Å².